The molecule has 0 aliphatic heterocycles. The van der Waals surface area contributed by atoms with Gasteiger partial charge in [-0.1, -0.05) is 12.1 Å². The minimum Gasteiger partial charge on any atom is -0.354 e. The van der Waals surface area contributed by atoms with Crippen LogP contribution in [0.4, 0.5) is 11.4 Å². The van der Waals surface area contributed by atoms with Crippen molar-refractivity contribution in [2.45, 2.75) is 0 Å². The second kappa shape index (κ2) is 5.85. The number of amides is 1. The number of para-hydroxylation sites is 1. The summed E-state index contributed by atoms with van der Waals surface area (Å²) in [5.74, 6) is -0.242. The molecule has 1 amide bonds. The lowest BCUT2D eigenvalue weighted by molar-refractivity contribution is 0.0958. The Hall–Kier alpha value is -2.87. The lowest BCUT2D eigenvalue weighted by Gasteiger charge is -2.20. The van der Waals surface area contributed by atoms with E-state index < -0.39 is 0 Å². The maximum absolute atomic E-state index is 11.6. The standard InChI is InChI=1S/C15H14N4O/c1-17-15(20)13-9-12(7-8-18-13)19(2)14-6-4-3-5-11(14)10-16/h3-9H,1-2H3,(H,17,20). The van der Waals surface area contributed by atoms with Crippen LogP contribution >= 0.6 is 0 Å². The maximum atomic E-state index is 11.6. The van der Waals surface area contributed by atoms with Crippen LogP contribution in [0.3, 0.4) is 0 Å². The number of hydrogen-bond donors (Lipinski definition) is 1. The van der Waals surface area contributed by atoms with Crippen molar-refractivity contribution in [1.29, 1.82) is 5.26 Å². The second-order valence-electron chi connectivity index (χ2n) is 4.17. The van der Waals surface area contributed by atoms with Gasteiger partial charge in [0.05, 0.1) is 11.3 Å². The Morgan fingerprint density at radius 1 is 1.35 bits per heavy atom. The van der Waals surface area contributed by atoms with Crippen molar-refractivity contribution in [3.05, 3.63) is 53.9 Å². The predicted molar refractivity (Wildman–Crippen MR) is 76.8 cm³/mol. The quantitative estimate of drug-likeness (QED) is 0.923. The van der Waals surface area contributed by atoms with Crippen LogP contribution in [0.1, 0.15) is 16.1 Å². The second-order valence-corrected chi connectivity index (χ2v) is 4.17. The van der Waals surface area contributed by atoms with Gasteiger partial charge < -0.3 is 10.2 Å². The van der Waals surface area contributed by atoms with E-state index in [1.165, 1.54) is 0 Å². The van der Waals surface area contributed by atoms with E-state index in [1.54, 1.807) is 31.4 Å². The third-order valence-electron chi connectivity index (χ3n) is 2.98. The minimum atomic E-state index is -0.242. The number of anilines is 2. The van der Waals surface area contributed by atoms with Gasteiger partial charge in [0.15, 0.2) is 0 Å². The average molecular weight is 266 g/mol. The van der Waals surface area contributed by atoms with Crippen LogP contribution in [-0.2, 0) is 0 Å². The minimum absolute atomic E-state index is 0.242. The topological polar surface area (TPSA) is 69.0 Å². The molecule has 2 rings (SSSR count). The molecule has 0 spiro atoms. The van der Waals surface area contributed by atoms with Crippen molar-refractivity contribution in [2.24, 2.45) is 0 Å². The summed E-state index contributed by atoms with van der Waals surface area (Å²) in [6.45, 7) is 0. The van der Waals surface area contributed by atoms with Gasteiger partial charge in [-0.2, -0.15) is 5.26 Å². The highest BCUT2D eigenvalue weighted by Gasteiger charge is 2.11. The Labute approximate surface area is 117 Å². The fraction of sp³-hybridized carbons (Fsp3) is 0.133. The van der Waals surface area contributed by atoms with Gasteiger partial charge in [-0.25, -0.2) is 0 Å². The third kappa shape index (κ3) is 2.59. The van der Waals surface area contributed by atoms with E-state index in [0.717, 1.165) is 11.4 Å². The molecule has 1 heterocycles. The number of nitrogens with zero attached hydrogens (tertiary/aromatic N) is 3. The van der Waals surface area contributed by atoms with Crippen LogP contribution < -0.4 is 10.2 Å². The summed E-state index contributed by atoms with van der Waals surface area (Å²) in [6.07, 6.45) is 1.57. The van der Waals surface area contributed by atoms with E-state index in [-0.39, 0.29) is 5.91 Å². The number of pyridine rings is 1. The average Bonchev–Trinajstić information content (AvgIpc) is 2.53. The van der Waals surface area contributed by atoms with Gasteiger partial charge in [0.1, 0.15) is 11.8 Å². The number of benzene rings is 1. The molecule has 0 atom stereocenters. The number of hydrogen-bond acceptors (Lipinski definition) is 4. The summed E-state index contributed by atoms with van der Waals surface area (Å²) in [5, 5.41) is 11.7. The van der Waals surface area contributed by atoms with Crippen LogP contribution in [0.25, 0.3) is 0 Å². The molecule has 0 radical (unpaired) electrons. The lowest BCUT2D eigenvalue weighted by Crippen LogP contribution is -2.20. The zero-order valence-corrected chi connectivity index (χ0v) is 11.3. The molecule has 0 fully saturated rings. The Kier molecular flexibility index (Phi) is 3.96. The van der Waals surface area contributed by atoms with Crippen molar-refractivity contribution in [2.75, 3.05) is 19.0 Å². The molecule has 1 aromatic carbocycles. The molecule has 1 N–H and O–H groups in total. The van der Waals surface area contributed by atoms with Gasteiger partial charge in [0, 0.05) is 26.0 Å². The third-order valence-corrected chi connectivity index (χ3v) is 2.98. The first-order valence-electron chi connectivity index (χ1n) is 6.08. The van der Waals surface area contributed by atoms with E-state index in [9.17, 15) is 4.79 Å². The van der Waals surface area contributed by atoms with Crippen molar-refractivity contribution < 1.29 is 4.79 Å². The highest BCUT2D eigenvalue weighted by atomic mass is 16.1. The first kappa shape index (κ1) is 13.6. The maximum Gasteiger partial charge on any atom is 0.269 e. The summed E-state index contributed by atoms with van der Waals surface area (Å²) in [6, 6.07) is 12.9. The van der Waals surface area contributed by atoms with Crippen LogP contribution in [0.5, 0.6) is 0 Å². The van der Waals surface area contributed by atoms with Crippen molar-refractivity contribution in [3.63, 3.8) is 0 Å². The van der Waals surface area contributed by atoms with Gasteiger partial charge in [-0.15, -0.1) is 0 Å². The molecule has 20 heavy (non-hydrogen) atoms. The molecule has 0 unspecified atom stereocenters. The van der Waals surface area contributed by atoms with Crippen LogP contribution in [-0.4, -0.2) is 25.0 Å². The van der Waals surface area contributed by atoms with E-state index in [0.29, 0.717) is 11.3 Å². The first-order chi connectivity index (χ1) is 9.67. The van der Waals surface area contributed by atoms with Crippen LogP contribution in [0, 0.1) is 11.3 Å². The Bertz CT molecular complexity index is 676. The van der Waals surface area contributed by atoms with Crippen molar-refractivity contribution in [3.8, 4) is 6.07 Å². The van der Waals surface area contributed by atoms with Gasteiger partial charge in [0.25, 0.3) is 5.91 Å². The molecule has 1 aromatic heterocycles. The molecule has 100 valence electrons. The molecule has 0 saturated heterocycles. The number of rotatable bonds is 3. The van der Waals surface area contributed by atoms with E-state index in [1.807, 2.05) is 30.1 Å². The van der Waals surface area contributed by atoms with Crippen molar-refractivity contribution in [1.82, 2.24) is 10.3 Å². The molecule has 0 aliphatic rings. The monoisotopic (exact) mass is 266 g/mol. The summed E-state index contributed by atoms with van der Waals surface area (Å²) < 4.78 is 0. The highest BCUT2D eigenvalue weighted by Crippen LogP contribution is 2.26. The van der Waals surface area contributed by atoms with Gasteiger partial charge in [0.2, 0.25) is 0 Å². The number of carbonyl (C=O) groups is 1. The van der Waals surface area contributed by atoms with Gasteiger partial charge >= 0.3 is 0 Å². The molecule has 2 aromatic rings. The summed E-state index contributed by atoms with van der Waals surface area (Å²) >= 11 is 0. The highest BCUT2D eigenvalue weighted by molar-refractivity contribution is 5.93. The summed E-state index contributed by atoms with van der Waals surface area (Å²) in [5.41, 5.74) is 2.49. The molecule has 0 aliphatic carbocycles. The molecular weight excluding hydrogens is 252 g/mol. The largest absolute Gasteiger partial charge is 0.354 e. The fourth-order valence-corrected chi connectivity index (χ4v) is 1.88. The Morgan fingerprint density at radius 2 is 2.10 bits per heavy atom. The summed E-state index contributed by atoms with van der Waals surface area (Å²) in [7, 11) is 3.41. The SMILES string of the molecule is CNC(=O)c1cc(N(C)c2ccccc2C#N)ccn1. The molecule has 5 heteroatoms. The van der Waals surface area contributed by atoms with Crippen LogP contribution in [0.2, 0.25) is 0 Å². The molecule has 0 saturated carbocycles. The zero-order valence-electron chi connectivity index (χ0n) is 11.3. The molecule has 0 bridgehead atoms. The smallest absolute Gasteiger partial charge is 0.269 e. The van der Waals surface area contributed by atoms with E-state index in [2.05, 4.69) is 16.4 Å². The van der Waals surface area contributed by atoms with E-state index in [4.69, 9.17) is 5.26 Å². The fourth-order valence-electron chi connectivity index (χ4n) is 1.88. The van der Waals surface area contributed by atoms with Crippen LogP contribution in [0.15, 0.2) is 42.6 Å². The number of nitrogens with one attached hydrogen (secondary N) is 1. The summed E-state index contributed by atoms with van der Waals surface area (Å²) in [4.78, 5) is 17.5. The first-order valence-corrected chi connectivity index (χ1v) is 6.08. The lowest BCUT2D eigenvalue weighted by atomic mass is 10.1. The Morgan fingerprint density at radius 3 is 2.80 bits per heavy atom. The van der Waals surface area contributed by atoms with Gasteiger partial charge in [-0.3, -0.25) is 9.78 Å². The predicted octanol–water partition coefficient (Wildman–Crippen LogP) is 2.08. The normalized spacial score (nSPS) is 9.65. The Balaban J connectivity index is 2.41. The van der Waals surface area contributed by atoms with Crippen molar-refractivity contribution >= 4 is 17.3 Å². The zero-order chi connectivity index (χ0) is 14.5. The number of carbonyl (C=O) groups excluding carboxylic acids is 1. The number of aromatic nitrogens is 1. The molecule has 5 nitrogen and oxygen atoms in total. The number of nitriles is 1. The van der Waals surface area contributed by atoms with Gasteiger partial charge in [-0.05, 0) is 24.3 Å². The van der Waals surface area contributed by atoms with E-state index >= 15 is 0 Å². The molecular formula is C15H14N4O.